The van der Waals surface area contributed by atoms with E-state index in [1.165, 1.54) is 0 Å². The van der Waals surface area contributed by atoms with Crippen molar-refractivity contribution in [2.45, 2.75) is 31.7 Å². The minimum Gasteiger partial charge on any atom is -0.493 e. The number of hydrogen-bond donors (Lipinski definition) is 2. The van der Waals surface area contributed by atoms with Crippen LogP contribution in [0.5, 0.6) is 5.75 Å². The van der Waals surface area contributed by atoms with Crippen molar-refractivity contribution < 1.29 is 23.9 Å². The van der Waals surface area contributed by atoms with Crippen LogP contribution in [0, 0.1) is 0 Å². The molecular weight excluding hydrogens is 459 g/mol. The van der Waals surface area contributed by atoms with Crippen LogP contribution >= 0.6 is 24.8 Å². The highest BCUT2D eigenvalue weighted by Crippen LogP contribution is 2.33. The molecule has 32 heavy (non-hydrogen) atoms. The second-order valence-corrected chi connectivity index (χ2v) is 7.77. The maximum Gasteiger partial charge on any atom is 0.266 e. The number of imide groups is 2. The first-order valence-corrected chi connectivity index (χ1v) is 10.5. The Labute approximate surface area is 199 Å². The fourth-order valence-electron chi connectivity index (χ4n) is 4.16. The minimum absolute atomic E-state index is 0. The van der Waals surface area contributed by atoms with Crippen LogP contribution in [0.2, 0.25) is 0 Å². The first-order chi connectivity index (χ1) is 14.6. The van der Waals surface area contributed by atoms with Gasteiger partial charge >= 0.3 is 0 Å². The van der Waals surface area contributed by atoms with Gasteiger partial charge in [-0.3, -0.25) is 29.4 Å². The normalized spacial score (nSPS) is 20.9. The molecule has 1 aromatic carbocycles. The zero-order valence-electron chi connectivity index (χ0n) is 17.6. The van der Waals surface area contributed by atoms with Crippen molar-refractivity contribution >= 4 is 48.4 Å². The molecule has 0 saturated carbocycles. The summed E-state index contributed by atoms with van der Waals surface area (Å²) in [6, 6.07) is 3.95. The summed E-state index contributed by atoms with van der Waals surface area (Å²) in [6.45, 7) is 5.61. The van der Waals surface area contributed by atoms with Crippen LogP contribution in [-0.2, 0) is 9.59 Å². The van der Waals surface area contributed by atoms with Gasteiger partial charge in [0.15, 0.2) is 0 Å². The summed E-state index contributed by atoms with van der Waals surface area (Å²) in [4.78, 5) is 52.8. The zero-order valence-corrected chi connectivity index (χ0v) is 19.3. The summed E-state index contributed by atoms with van der Waals surface area (Å²) >= 11 is 0. The molecule has 1 aromatic rings. The topological polar surface area (TPSA) is 108 Å². The second-order valence-electron chi connectivity index (χ2n) is 7.77. The number of amides is 4. The van der Waals surface area contributed by atoms with E-state index in [-0.39, 0.29) is 48.8 Å². The van der Waals surface area contributed by atoms with E-state index < -0.39 is 29.7 Å². The number of rotatable bonds is 7. The van der Waals surface area contributed by atoms with Gasteiger partial charge in [0.2, 0.25) is 11.8 Å². The third-order valence-electron chi connectivity index (χ3n) is 5.77. The van der Waals surface area contributed by atoms with Gasteiger partial charge in [-0.25, -0.2) is 0 Å². The molecule has 176 valence electrons. The molecule has 2 fully saturated rings. The molecule has 1 unspecified atom stereocenters. The lowest BCUT2D eigenvalue weighted by Gasteiger charge is -2.27. The average Bonchev–Trinajstić information content (AvgIpc) is 3.00. The van der Waals surface area contributed by atoms with Crippen LogP contribution in [0.25, 0.3) is 0 Å². The van der Waals surface area contributed by atoms with Gasteiger partial charge in [-0.05, 0) is 37.9 Å². The number of carbonyl (C=O) groups excluding carboxylic acids is 4. The zero-order chi connectivity index (χ0) is 21.1. The van der Waals surface area contributed by atoms with Gasteiger partial charge in [-0.2, -0.15) is 0 Å². The van der Waals surface area contributed by atoms with Crippen molar-refractivity contribution in [3.05, 3.63) is 29.3 Å². The van der Waals surface area contributed by atoms with Crippen molar-refractivity contribution in [1.82, 2.24) is 20.4 Å². The van der Waals surface area contributed by atoms with Gasteiger partial charge in [0.1, 0.15) is 11.8 Å². The third kappa shape index (κ3) is 5.40. The molecule has 2 saturated heterocycles. The van der Waals surface area contributed by atoms with Gasteiger partial charge in [-0.15, -0.1) is 24.8 Å². The molecule has 3 aliphatic rings. The molecule has 11 heteroatoms. The SMILES string of the molecule is Cl.Cl.O=C1CCC(N2C(=O)c3cccc(OCCCCN4CCNCC4)c3C2=O)C(=O)N1. The number of unbranched alkanes of at least 4 members (excludes halogenated alkanes) is 1. The summed E-state index contributed by atoms with van der Waals surface area (Å²) in [7, 11) is 0. The standard InChI is InChI=1S/C21H26N4O5.2ClH/c26-17-7-6-15(19(27)23-17)25-20(28)14-4-3-5-16(18(14)21(25)29)30-13-2-1-10-24-11-8-22-9-12-24;;/h3-5,15,22H,1-2,6-13H2,(H,23,26,27);2*1H. The number of benzene rings is 1. The maximum absolute atomic E-state index is 13.0. The lowest BCUT2D eigenvalue weighted by molar-refractivity contribution is -0.136. The van der Waals surface area contributed by atoms with Crippen LogP contribution < -0.4 is 15.4 Å². The lowest BCUT2D eigenvalue weighted by Crippen LogP contribution is -2.54. The van der Waals surface area contributed by atoms with Crippen molar-refractivity contribution in [2.24, 2.45) is 0 Å². The first kappa shape index (κ1) is 26.1. The Morgan fingerprint density at radius 3 is 2.47 bits per heavy atom. The highest BCUT2D eigenvalue weighted by molar-refractivity contribution is 6.24. The lowest BCUT2D eigenvalue weighted by atomic mass is 10.0. The summed E-state index contributed by atoms with van der Waals surface area (Å²) < 4.78 is 5.85. The number of nitrogens with zero attached hydrogens (tertiary/aromatic N) is 2. The second kappa shape index (κ2) is 11.6. The maximum atomic E-state index is 13.0. The summed E-state index contributed by atoms with van der Waals surface area (Å²) in [5.74, 6) is -1.70. The molecule has 3 aliphatic heterocycles. The third-order valence-corrected chi connectivity index (χ3v) is 5.77. The minimum atomic E-state index is -0.970. The number of fused-ring (bicyclic) bond motifs is 1. The fraction of sp³-hybridized carbons (Fsp3) is 0.524. The van der Waals surface area contributed by atoms with Gasteiger partial charge in [0.05, 0.1) is 17.7 Å². The van der Waals surface area contributed by atoms with E-state index in [4.69, 9.17) is 4.74 Å². The van der Waals surface area contributed by atoms with E-state index in [2.05, 4.69) is 15.5 Å². The first-order valence-electron chi connectivity index (χ1n) is 10.5. The molecule has 4 rings (SSSR count). The molecule has 0 spiro atoms. The molecule has 3 heterocycles. The quantitative estimate of drug-likeness (QED) is 0.437. The van der Waals surface area contributed by atoms with Crippen molar-refractivity contribution in [3.8, 4) is 5.75 Å². The summed E-state index contributed by atoms with van der Waals surface area (Å²) in [5.41, 5.74) is 0.442. The molecule has 0 aromatic heterocycles. The van der Waals surface area contributed by atoms with Crippen molar-refractivity contribution in [3.63, 3.8) is 0 Å². The van der Waals surface area contributed by atoms with Gasteiger partial charge in [0, 0.05) is 32.6 Å². The Balaban J connectivity index is 0.00000181. The molecule has 1 atom stereocenters. The van der Waals surface area contributed by atoms with E-state index in [0.29, 0.717) is 12.4 Å². The Hall–Kier alpha value is -2.20. The van der Waals surface area contributed by atoms with E-state index in [9.17, 15) is 19.2 Å². The molecule has 0 aliphatic carbocycles. The highest BCUT2D eigenvalue weighted by atomic mass is 35.5. The number of nitrogens with one attached hydrogen (secondary N) is 2. The predicted octanol–water partition coefficient (Wildman–Crippen LogP) is 0.996. The van der Waals surface area contributed by atoms with Crippen LogP contribution in [0.4, 0.5) is 0 Å². The number of hydrogen-bond acceptors (Lipinski definition) is 7. The van der Waals surface area contributed by atoms with E-state index in [1.807, 2.05) is 0 Å². The Kier molecular flexibility index (Phi) is 9.45. The number of piperazine rings is 1. The molecule has 0 bridgehead atoms. The predicted molar refractivity (Wildman–Crippen MR) is 122 cm³/mol. The molecule has 9 nitrogen and oxygen atoms in total. The van der Waals surface area contributed by atoms with Crippen LogP contribution in [0.1, 0.15) is 46.4 Å². The van der Waals surface area contributed by atoms with E-state index in [1.54, 1.807) is 18.2 Å². The molecule has 2 N–H and O–H groups in total. The Morgan fingerprint density at radius 2 is 1.75 bits per heavy atom. The van der Waals surface area contributed by atoms with Gasteiger partial charge < -0.3 is 15.0 Å². The summed E-state index contributed by atoms with van der Waals surface area (Å²) in [5, 5.41) is 5.53. The monoisotopic (exact) mass is 486 g/mol. The number of halogens is 2. The fourth-order valence-corrected chi connectivity index (χ4v) is 4.16. The average molecular weight is 487 g/mol. The van der Waals surface area contributed by atoms with Crippen LogP contribution in [-0.4, -0.2) is 78.8 Å². The van der Waals surface area contributed by atoms with Gasteiger partial charge in [-0.1, -0.05) is 6.07 Å². The van der Waals surface area contributed by atoms with Crippen molar-refractivity contribution in [1.29, 1.82) is 0 Å². The molecule has 0 radical (unpaired) electrons. The number of piperidine rings is 1. The Morgan fingerprint density at radius 1 is 1.00 bits per heavy atom. The van der Waals surface area contributed by atoms with E-state index >= 15 is 0 Å². The number of ether oxygens (including phenoxy) is 1. The largest absolute Gasteiger partial charge is 0.493 e. The van der Waals surface area contributed by atoms with Crippen LogP contribution in [0.3, 0.4) is 0 Å². The molecular formula is C21H28Cl2N4O5. The Bertz CT molecular complexity index is 876. The van der Waals surface area contributed by atoms with Gasteiger partial charge in [0.25, 0.3) is 11.8 Å². The number of carbonyl (C=O) groups is 4. The van der Waals surface area contributed by atoms with E-state index in [0.717, 1.165) is 50.5 Å². The summed E-state index contributed by atoms with van der Waals surface area (Å²) in [6.07, 6.45) is 2.06. The smallest absolute Gasteiger partial charge is 0.266 e. The van der Waals surface area contributed by atoms with Crippen molar-refractivity contribution in [2.75, 3.05) is 39.3 Å². The molecule has 4 amide bonds. The highest BCUT2D eigenvalue weighted by Gasteiger charge is 2.45. The van der Waals surface area contributed by atoms with Crippen LogP contribution in [0.15, 0.2) is 18.2 Å².